The molecule has 2 bridgehead atoms. The molecule has 42 heavy (non-hydrogen) atoms. The van der Waals surface area contributed by atoms with Crippen LogP contribution in [0.2, 0.25) is 0 Å². The van der Waals surface area contributed by atoms with Gasteiger partial charge in [0.2, 0.25) is 0 Å². The molecule has 11 heteroatoms. The van der Waals surface area contributed by atoms with E-state index in [0.29, 0.717) is 16.7 Å². The number of cyclic esters (lactones) is 1. The lowest BCUT2D eigenvalue weighted by atomic mass is 9.39. The summed E-state index contributed by atoms with van der Waals surface area (Å²) in [6, 6.07) is 1.70. The van der Waals surface area contributed by atoms with Gasteiger partial charge < -0.3 is 28.5 Å². The van der Waals surface area contributed by atoms with Crippen molar-refractivity contribution in [2.24, 2.45) is 28.1 Å². The Morgan fingerprint density at radius 3 is 2.31 bits per heavy atom. The summed E-state index contributed by atoms with van der Waals surface area (Å²) in [4.78, 5) is 65.4. The van der Waals surface area contributed by atoms with E-state index in [9.17, 15) is 29.1 Å². The van der Waals surface area contributed by atoms with Crippen molar-refractivity contribution in [2.75, 3.05) is 7.11 Å². The lowest BCUT2D eigenvalue weighted by molar-refractivity contribution is -0.242. The van der Waals surface area contributed by atoms with E-state index >= 15 is 0 Å². The Hall–Kier alpha value is -3.47. The lowest BCUT2D eigenvalue weighted by Crippen LogP contribution is -2.76. The topological polar surface area (TPSA) is 156 Å². The highest BCUT2D eigenvalue weighted by Crippen LogP contribution is 2.69. The molecule has 0 amide bonds. The summed E-state index contributed by atoms with van der Waals surface area (Å²) in [5, 5.41) is 12.4. The van der Waals surface area contributed by atoms with Gasteiger partial charge in [-0.05, 0) is 24.0 Å². The fourth-order valence-corrected chi connectivity index (χ4v) is 8.89. The Balaban J connectivity index is 1.81. The molecule has 2 saturated carbocycles. The van der Waals surface area contributed by atoms with Gasteiger partial charge in [0.15, 0.2) is 11.4 Å². The Kier molecular flexibility index (Phi) is 6.99. The Morgan fingerprint density at radius 1 is 1.07 bits per heavy atom. The molecule has 228 valence electrons. The van der Waals surface area contributed by atoms with E-state index in [2.05, 4.69) is 0 Å². The van der Waals surface area contributed by atoms with Crippen LogP contribution in [0.15, 0.2) is 34.2 Å². The van der Waals surface area contributed by atoms with Gasteiger partial charge in [-0.25, -0.2) is 0 Å². The van der Waals surface area contributed by atoms with Crippen LogP contribution in [-0.4, -0.2) is 59.7 Å². The van der Waals surface area contributed by atoms with E-state index in [4.69, 9.17) is 23.4 Å². The number of carbonyl (C=O) groups excluding carboxylic acids is 5. The Bertz CT molecular complexity index is 1370. The highest BCUT2D eigenvalue weighted by atomic mass is 16.6. The minimum atomic E-state index is -2.18. The fourth-order valence-electron chi connectivity index (χ4n) is 8.89. The number of aliphatic hydroxyl groups is 1. The number of rotatable bonds is 5. The smallest absolute Gasteiger partial charge is 0.310 e. The molecule has 3 aliphatic carbocycles. The number of esters is 4. The van der Waals surface area contributed by atoms with Gasteiger partial charge >= 0.3 is 23.9 Å². The maximum atomic E-state index is 14.6. The van der Waals surface area contributed by atoms with Crippen molar-refractivity contribution in [1.82, 2.24) is 0 Å². The molecular weight excluding hydrogens is 548 g/mol. The number of ether oxygens (including phenoxy) is 4. The normalized spacial score (nSPS) is 38.5. The summed E-state index contributed by atoms with van der Waals surface area (Å²) in [6.45, 7) is 9.57. The molecule has 0 aromatic carbocycles. The van der Waals surface area contributed by atoms with Crippen LogP contribution in [0.1, 0.15) is 78.9 Å². The van der Waals surface area contributed by atoms with Crippen LogP contribution in [0.5, 0.6) is 0 Å². The van der Waals surface area contributed by atoms with Gasteiger partial charge in [0.05, 0.1) is 26.1 Å². The number of methoxy groups -OCH3 is 1. The highest BCUT2D eigenvalue weighted by molar-refractivity contribution is 5.98. The lowest BCUT2D eigenvalue weighted by Gasteiger charge is -2.66. The maximum Gasteiger partial charge on any atom is 0.310 e. The summed E-state index contributed by atoms with van der Waals surface area (Å²) in [5.74, 6) is -4.52. The van der Waals surface area contributed by atoms with Crippen molar-refractivity contribution < 1.29 is 52.4 Å². The molecular formula is C31H38O11. The second kappa shape index (κ2) is 9.79. The Morgan fingerprint density at radius 2 is 1.74 bits per heavy atom. The quantitative estimate of drug-likeness (QED) is 0.307. The first-order chi connectivity index (χ1) is 19.5. The zero-order valence-electron chi connectivity index (χ0n) is 25.0. The standard InChI is InChI=1S/C31H38O11/c1-15(32)40-20-13-29(5)19(10-23(35)42-25(29)17-8-9-39-14-17)18-12-31(37)26(36)30(6,24(18)20)21(11-22(34)38-7)28(3,4)27(31)41-16(2)33/h8-9,14,20-21,24-25,27,37H,10-13H2,1-7H3/t20-,21+,24-,25+,27+,29-,30+,31+/m1/s1. The first-order valence-electron chi connectivity index (χ1n) is 14.1. The van der Waals surface area contributed by atoms with Crippen molar-refractivity contribution in [1.29, 1.82) is 0 Å². The molecule has 1 saturated heterocycles. The van der Waals surface area contributed by atoms with E-state index in [-0.39, 0.29) is 25.7 Å². The molecule has 8 atom stereocenters. The van der Waals surface area contributed by atoms with Crippen molar-refractivity contribution in [3.63, 3.8) is 0 Å². The van der Waals surface area contributed by atoms with Crippen LogP contribution < -0.4 is 0 Å². The van der Waals surface area contributed by atoms with Gasteiger partial charge in [-0.15, -0.1) is 0 Å². The summed E-state index contributed by atoms with van der Waals surface area (Å²) >= 11 is 0. The number of ketones is 1. The van der Waals surface area contributed by atoms with Crippen LogP contribution in [-0.2, 0) is 42.9 Å². The van der Waals surface area contributed by atoms with Gasteiger partial charge in [-0.1, -0.05) is 33.3 Å². The average molecular weight is 587 g/mol. The first-order valence-corrected chi connectivity index (χ1v) is 14.1. The van der Waals surface area contributed by atoms with E-state index in [1.54, 1.807) is 26.8 Å². The van der Waals surface area contributed by atoms with Crippen LogP contribution in [0.4, 0.5) is 0 Å². The fraction of sp³-hybridized carbons (Fsp3) is 0.645. The van der Waals surface area contributed by atoms with Crippen molar-refractivity contribution in [2.45, 2.75) is 91.1 Å². The number of fused-ring (bicyclic) bond motifs is 5. The van der Waals surface area contributed by atoms with Crippen LogP contribution >= 0.6 is 0 Å². The molecule has 2 heterocycles. The first kappa shape index (κ1) is 30.0. The van der Waals surface area contributed by atoms with Crippen LogP contribution in [0.25, 0.3) is 0 Å². The monoisotopic (exact) mass is 586 g/mol. The number of hydrogen-bond acceptors (Lipinski definition) is 11. The summed E-state index contributed by atoms with van der Waals surface area (Å²) < 4.78 is 27.9. The van der Waals surface area contributed by atoms with E-state index in [0.717, 1.165) is 0 Å². The average Bonchev–Trinajstić information content (AvgIpc) is 3.42. The molecule has 5 rings (SSSR count). The molecule has 1 aromatic rings. The van der Waals surface area contributed by atoms with Gasteiger partial charge in [0, 0.05) is 54.4 Å². The van der Waals surface area contributed by atoms with Crippen LogP contribution in [0.3, 0.4) is 0 Å². The third kappa shape index (κ3) is 4.14. The van der Waals surface area contributed by atoms with Gasteiger partial charge in [0.1, 0.15) is 18.3 Å². The predicted molar refractivity (Wildman–Crippen MR) is 143 cm³/mol. The predicted octanol–water partition coefficient (Wildman–Crippen LogP) is 3.38. The van der Waals surface area contributed by atoms with Crippen molar-refractivity contribution >= 4 is 29.7 Å². The maximum absolute atomic E-state index is 14.6. The number of furan rings is 1. The highest BCUT2D eigenvalue weighted by Gasteiger charge is 2.75. The van der Waals surface area contributed by atoms with Gasteiger partial charge in [-0.3, -0.25) is 24.0 Å². The van der Waals surface area contributed by atoms with E-state index in [1.165, 1.54) is 33.5 Å². The zero-order chi connectivity index (χ0) is 31.0. The largest absolute Gasteiger partial charge is 0.472 e. The molecule has 1 N–H and O–H groups in total. The molecule has 1 aromatic heterocycles. The molecule has 11 nitrogen and oxygen atoms in total. The van der Waals surface area contributed by atoms with Crippen molar-refractivity contribution in [3.05, 3.63) is 35.3 Å². The summed E-state index contributed by atoms with van der Waals surface area (Å²) in [7, 11) is 1.24. The zero-order valence-corrected chi connectivity index (χ0v) is 25.0. The minimum absolute atomic E-state index is 0.104. The molecule has 0 radical (unpaired) electrons. The number of carbonyl (C=O) groups is 5. The number of hydrogen-bond donors (Lipinski definition) is 1. The third-order valence-electron chi connectivity index (χ3n) is 10.4. The minimum Gasteiger partial charge on any atom is -0.472 e. The molecule has 4 aliphatic rings. The summed E-state index contributed by atoms with van der Waals surface area (Å²) in [6.07, 6.45) is -0.361. The summed E-state index contributed by atoms with van der Waals surface area (Å²) in [5.41, 5.74) is -3.78. The molecule has 3 fully saturated rings. The SMILES string of the molecule is COC(=O)C[C@H]1C(C)(C)[C@H](OC(C)=O)[C@]2(O)CC3=C4CC(=O)O[C@@H](c5ccoc5)[C@]4(C)C[C@@H](OC(C)=O)[C@@H]3[C@@]1(C)C2=O. The van der Waals surface area contributed by atoms with E-state index < -0.39 is 81.7 Å². The second-order valence-corrected chi connectivity index (χ2v) is 13.2. The molecule has 0 spiro atoms. The Labute approximate surface area is 243 Å². The van der Waals surface area contributed by atoms with Gasteiger partial charge in [-0.2, -0.15) is 0 Å². The third-order valence-corrected chi connectivity index (χ3v) is 10.4. The van der Waals surface area contributed by atoms with Gasteiger partial charge in [0.25, 0.3) is 0 Å². The second-order valence-electron chi connectivity index (χ2n) is 13.2. The van der Waals surface area contributed by atoms with Crippen molar-refractivity contribution in [3.8, 4) is 0 Å². The molecule has 0 unspecified atom stereocenters. The number of Topliss-reactive ketones (excluding diaryl/α,β-unsaturated/α-hetero) is 1. The van der Waals surface area contributed by atoms with E-state index in [1.807, 2.05) is 6.92 Å². The van der Waals surface area contributed by atoms with Crippen LogP contribution in [0, 0.1) is 28.1 Å². The molecule has 1 aliphatic heterocycles.